The molecule has 0 aromatic heterocycles. The predicted molar refractivity (Wildman–Crippen MR) is 104 cm³/mol. The number of hydrogen-bond donors (Lipinski definition) is 1. The Labute approximate surface area is 169 Å². The van der Waals surface area contributed by atoms with Gasteiger partial charge in [-0.05, 0) is 41.5 Å². The van der Waals surface area contributed by atoms with Gasteiger partial charge in [0.1, 0.15) is 18.2 Å². The minimum Gasteiger partial charge on any atom is -0.493 e. The van der Waals surface area contributed by atoms with Crippen LogP contribution in [0.25, 0.3) is 6.08 Å². The monoisotopic (exact) mass is 454 g/mol. The average Bonchev–Trinajstić information content (AvgIpc) is 2.61. The van der Waals surface area contributed by atoms with Crippen molar-refractivity contribution in [1.29, 1.82) is 5.26 Å². The molecule has 134 valence electrons. The van der Waals surface area contributed by atoms with E-state index in [0.717, 1.165) is 5.56 Å². The molecule has 2 aromatic rings. The molecule has 5 nitrogen and oxygen atoms in total. The maximum absolute atomic E-state index is 11.2. The fraction of sp³-hybridized carbons (Fsp3) is 0.111. The van der Waals surface area contributed by atoms with E-state index in [1.165, 1.54) is 13.2 Å². The second kappa shape index (κ2) is 8.95. The third-order valence-electron chi connectivity index (χ3n) is 3.35. The first kappa shape index (κ1) is 20.1. The zero-order valence-electron chi connectivity index (χ0n) is 13.6. The Bertz CT molecular complexity index is 923. The summed E-state index contributed by atoms with van der Waals surface area (Å²) >= 11 is 15.3. The number of ether oxygens (including phenoxy) is 2. The first-order valence-electron chi connectivity index (χ1n) is 7.21. The van der Waals surface area contributed by atoms with Gasteiger partial charge in [-0.25, -0.2) is 0 Å². The number of halogens is 3. The molecule has 26 heavy (non-hydrogen) atoms. The Kier molecular flexibility index (Phi) is 6.92. The number of carbonyl (C=O) groups is 1. The molecule has 2 rings (SSSR count). The highest BCUT2D eigenvalue weighted by Crippen LogP contribution is 2.35. The summed E-state index contributed by atoms with van der Waals surface area (Å²) in [6, 6.07) is 10.3. The van der Waals surface area contributed by atoms with Crippen molar-refractivity contribution in [2.45, 2.75) is 6.61 Å². The molecular formula is C18H13BrCl2N2O3. The van der Waals surface area contributed by atoms with Crippen molar-refractivity contribution in [3.8, 4) is 17.6 Å². The first-order chi connectivity index (χ1) is 12.3. The SMILES string of the molecule is COc1cc(/C=C(/C#N)C(N)=O)c(Br)cc1OCc1ccc(Cl)c(Cl)c1. The third-order valence-corrected chi connectivity index (χ3v) is 4.77. The van der Waals surface area contributed by atoms with Crippen molar-refractivity contribution in [3.05, 3.63) is 61.5 Å². The number of carbonyl (C=O) groups excluding carboxylic acids is 1. The van der Waals surface area contributed by atoms with Crippen molar-refractivity contribution in [1.82, 2.24) is 0 Å². The van der Waals surface area contributed by atoms with E-state index < -0.39 is 5.91 Å². The van der Waals surface area contributed by atoms with Gasteiger partial charge in [0.25, 0.3) is 5.91 Å². The smallest absolute Gasteiger partial charge is 0.259 e. The molecule has 0 saturated carbocycles. The molecule has 0 aliphatic rings. The molecule has 0 saturated heterocycles. The number of rotatable bonds is 6. The van der Waals surface area contributed by atoms with Crippen LogP contribution in [-0.4, -0.2) is 13.0 Å². The molecular weight excluding hydrogens is 443 g/mol. The van der Waals surface area contributed by atoms with Gasteiger partial charge >= 0.3 is 0 Å². The number of primary amides is 1. The fourth-order valence-corrected chi connectivity index (χ4v) is 2.80. The van der Waals surface area contributed by atoms with E-state index in [9.17, 15) is 4.79 Å². The minimum atomic E-state index is -0.807. The molecule has 2 N–H and O–H groups in total. The van der Waals surface area contributed by atoms with Gasteiger partial charge in [0.2, 0.25) is 0 Å². The summed E-state index contributed by atoms with van der Waals surface area (Å²) in [5.41, 5.74) is 6.38. The molecule has 0 radical (unpaired) electrons. The minimum absolute atomic E-state index is 0.169. The summed E-state index contributed by atoms with van der Waals surface area (Å²) in [6.07, 6.45) is 1.37. The van der Waals surface area contributed by atoms with Gasteiger partial charge in [-0.15, -0.1) is 0 Å². The van der Waals surface area contributed by atoms with Crippen molar-refractivity contribution < 1.29 is 14.3 Å². The van der Waals surface area contributed by atoms with E-state index in [0.29, 0.717) is 31.6 Å². The van der Waals surface area contributed by atoms with Crippen LogP contribution in [0.3, 0.4) is 0 Å². The Balaban J connectivity index is 2.30. The maximum atomic E-state index is 11.2. The maximum Gasteiger partial charge on any atom is 0.259 e. The second-order valence-corrected chi connectivity index (χ2v) is 6.76. The number of nitrogens with zero attached hydrogens (tertiary/aromatic N) is 1. The van der Waals surface area contributed by atoms with Gasteiger partial charge in [0, 0.05) is 4.47 Å². The van der Waals surface area contributed by atoms with Crippen LogP contribution >= 0.6 is 39.1 Å². The largest absolute Gasteiger partial charge is 0.493 e. The van der Waals surface area contributed by atoms with E-state index >= 15 is 0 Å². The lowest BCUT2D eigenvalue weighted by Gasteiger charge is -2.13. The fourth-order valence-electron chi connectivity index (χ4n) is 2.04. The van der Waals surface area contributed by atoms with Crippen LogP contribution in [0.15, 0.2) is 40.4 Å². The van der Waals surface area contributed by atoms with Gasteiger partial charge in [-0.2, -0.15) is 5.26 Å². The highest BCUT2D eigenvalue weighted by Gasteiger charge is 2.12. The molecule has 0 aliphatic carbocycles. The van der Waals surface area contributed by atoms with Gasteiger partial charge in [0.05, 0.1) is 17.2 Å². The highest BCUT2D eigenvalue weighted by molar-refractivity contribution is 9.10. The summed E-state index contributed by atoms with van der Waals surface area (Å²) in [4.78, 5) is 11.2. The van der Waals surface area contributed by atoms with Crippen molar-refractivity contribution in [3.63, 3.8) is 0 Å². The number of nitrogens with two attached hydrogens (primary N) is 1. The summed E-state index contributed by atoms with van der Waals surface area (Å²) < 4.78 is 11.7. The van der Waals surface area contributed by atoms with E-state index in [1.54, 1.807) is 36.4 Å². The number of hydrogen-bond acceptors (Lipinski definition) is 4. The number of nitriles is 1. The van der Waals surface area contributed by atoms with E-state index in [2.05, 4.69) is 15.9 Å². The van der Waals surface area contributed by atoms with Crippen LogP contribution in [0, 0.1) is 11.3 Å². The highest BCUT2D eigenvalue weighted by atomic mass is 79.9. The Morgan fingerprint density at radius 1 is 1.27 bits per heavy atom. The second-order valence-electron chi connectivity index (χ2n) is 5.10. The van der Waals surface area contributed by atoms with E-state index in [1.807, 2.05) is 0 Å². The lowest BCUT2D eigenvalue weighted by Crippen LogP contribution is -2.12. The Morgan fingerprint density at radius 2 is 2.00 bits per heavy atom. The topological polar surface area (TPSA) is 85.3 Å². The Morgan fingerprint density at radius 3 is 2.58 bits per heavy atom. The van der Waals surface area contributed by atoms with Gasteiger partial charge in [-0.3, -0.25) is 4.79 Å². The summed E-state index contributed by atoms with van der Waals surface area (Å²) in [5.74, 6) is 0.0970. The molecule has 2 aromatic carbocycles. The van der Waals surface area contributed by atoms with E-state index in [4.69, 9.17) is 43.7 Å². The number of amides is 1. The summed E-state index contributed by atoms with van der Waals surface area (Å²) in [6.45, 7) is 0.250. The van der Waals surface area contributed by atoms with Crippen LogP contribution in [0.5, 0.6) is 11.5 Å². The van der Waals surface area contributed by atoms with Gasteiger partial charge < -0.3 is 15.2 Å². The Hall–Kier alpha value is -2.20. The standard InChI is InChI=1S/C18H13BrCl2N2O3/c1-25-16-6-11(5-12(8-22)18(23)24)13(19)7-17(16)26-9-10-2-3-14(20)15(21)4-10/h2-7H,9H2,1H3,(H2,23,24)/b12-5-. The molecule has 0 spiro atoms. The number of methoxy groups -OCH3 is 1. The first-order valence-corrected chi connectivity index (χ1v) is 8.76. The zero-order valence-corrected chi connectivity index (χ0v) is 16.7. The quantitative estimate of drug-likeness (QED) is 0.503. The normalized spacial score (nSPS) is 11.0. The van der Waals surface area contributed by atoms with Crippen LogP contribution in [0.1, 0.15) is 11.1 Å². The molecule has 1 amide bonds. The number of benzene rings is 2. The van der Waals surface area contributed by atoms with Crippen LogP contribution in [0.4, 0.5) is 0 Å². The summed E-state index contributed by atoms with van der Waals surface area (Å²) in [7, 11) is 1.49. The molecule has 8 heteroatoms. The summed E-state index contributed by atoms with van der Waals surface area (Å²) in [5, 5.41) is 9.88. The predicted octanol–water partition coefficient (Wildman–Crippen LogP) is 4.74. The van der Waals surface area contributed by atoms with Crippen LogP contribution < -0.4 is 15.2 Å². The van der Waals surface area contributed by atoms with E-state index in [-0.39, 0.29) is 12.2 Å². The molecule has 0 aliphatic heterocycles. The van der Waals surface area contributed by atoms with Gasteiger partial charge in [0.15, 0.2) is 11.5 Å². The lowest BCUT2D eigenvalue weighted by molar-refractivity contribution is -0.114. The molecule has 0 fully saturated rings. The average molecular weight is 456 g/mol. The molecule has 0 bridgehead atoms. The van der Waals surface area contributed by atoms with Crippen LogP contribution in [0.2, 0.25) is 10.0 Å². The molecule has 0 unspecified atom stereocenters. The molecule has 0 heterocycles. The van der Waals surface area contributed by atoms with Gasteiger partial charge in [-0.1, -0.05) is 45.2 Å². The third kappa shape index (κ3) is 4.92. The van der Waals surface area contributed by atoms with Crippen molar-refractivity contribution in [2.24, 2.45) is 5.73 Å². The lowest BCUT2D eigenvalue weighted by atomic mass is 10.1. The van der Waals surface area contributed by atoms with Crippen molar-refractivity contribution >= 4 is 51.1 Å². The molecule has 0 atom stereocenters. The van der Waals surface area contributed by atoms with Crippen LogP contribution in [-0.2, 0) is 11.4 Å². The van der Waals surface area contributed by atoms with Crippen molar-refractivity contribution in [2.75, 3.05) is 7.11 Å². The zero-order chi connectivity index (χ0) is 19.3.